The molecule has 1 amide bonds. The maximum atomic E-state index is 12.6. The molecule has 0 saturated heterocycles. The first-order valence-corrected chi connectivity index (χ1v) is 9.78. The van der Waals surface area contributed by atoms with Gasteiger partial charge in [0.05, 0.1) is 29.5 Å². The van der Waals surface area contributed by atoms with Crippen LogP contribution in [0.25, 0.3) is 16.5 Å². The van der Waals surface area contributed by atoms with Crippen molar-refractivity contribution in [3.63, 3.8) is 0 Å². The molecule has 0 unspecified atom stereocenters. The smallest absolute Gasteiger partial charge is 0.253 e. The van der Waals surface area contributed by atoms with Crippen LogP contribution in [0.3, 0.4) is 0 Å². The van der Waals surface area contributed by atoms with Gasteiger partial charge in [0.2, 0.25) is 0 Å². The number of H-pyrrole nitrogens is 1. The summed E-state index contributed by atoms with van der Waals surface area (Å²) in [7, 11) is 0. The minimum atomic E-state index is -0.132. The SMILES string of the molecule is Cc1cn[nH]c1CNC(=O)c1cnc2c(C3=CCC(C)(C)CC3)cccc2c1. The lowest BCUT2D eigenvalue weighted by atomic mass is 9.77. The summed E-state index contributed by atoms with van der Waals surface area (Å²) >= 11 is 0. The number of fused-ring (bicyclic) bond motifs is 1. The second-order valence-electron chi connectivity index (χ2n) is 8.41. The molecule has 5 heteroatoms. The van der Waals surface area contributed by atoms with Gasteiger partial charge in [0.25, 0.3) is 5.91 Å². The molecule has 144 valence electrons. The maximum Gasteiger partial charge on any atom is 0.253 e. The number of carbonyl (C=O) groups is 1. The molecule has 0 bridgehead atoms. The number of pyridine rings is 1. The Kier molecular flexibility index (Phi) is 4.75. The number of benzene rings is 1. The van der Waals surface area contributed by atoms with Crippen molar-refractivity contribution in [2.75, 3.05) is 0 Å². The van der Waals surface area contributed by atoms with Crippen molar-refractivity contribution in [3.05, 3.63) is 65.1 Å². The van der Waals surface area contributed by atoms with Crippen LogP contribution >= 0.6 is 0 Å². The lowest BCUT2D eigenvalue weighted by molar-refractivity contribution is 0.0950. The summed E-state index contributed by atoms with van der Waals surface area (Å²) in [4.78, 5) is 17.2. The van der Waals surface area contributed by atoms with E-state index in [2.05, 4.69) is 52.6 Å². The molecule has 0 aliphatic heterocycles. The molecular formula is C23H26N4O. The molecule has 1 aliphatic rings. The minimum absolute atomic E-state index is 0.132. The van der Waals surface area contributed by atoms with E-state index in [0.29, 0.717) is 17.5 Å². The lowest BCUT2D eigenvalue weighted by Gasteiger charge is -2.29. The van der Waals surface area contributed by atoms with Crippen molar-refractivity contribution in [1.29, 1.82) is 0 Å². The zero-order valence-corrected chi connectivity index (χ0v) is 16.7. The third-order valence-electron chi connectivity index (χ3n) is 5.65. The highest BCUT2D eigenvalue weighted by Gasteiger charge is 2.23. The maximum absolute atomic E-state index is 12.6. The quantitative estimate of drug-likeness (QED) is 0.690. The topological polar surface area (TPSA) is 70.7 Å². The Bertz CT molecular complexity index is 1060. The van der Waals surface area contributed by atoms with E-state index < -0.39 is 0 Å². The molecule has 2 heterocycles. The fourth-order valence-corrected chi connectivity index (χ4v) is 3.69. The van der Waals surface area contributed by atoms with Gasteiger partial charge in [0.15, 0.2) is 0 Å². The number of aryl methyl sites for hydroxylation is 1. The molecule has 0 atom stereocenters. The minimum Gasteiger partial charge on any atom is -0.346 e. The molecule has 0 fully saturated rings. The Morgan fingerprint density at radius 1 is 1.29 bits per heavy atom. The number of aromatic amines is 1. The van der Waals surface area contributed by atoms with Gasteiger partial charge in [-0.05, 0) is 48.8 Å². The normalized spacial score (nSPS) is 16.0. The summed E-state index contributed by atoms with van der Waals surface area (Å²) in [6, 6.07) is 8.14. The number of aromatic nitrogens is 3. The molecule has 0 radical (unpaired) electrons. The fourth-order valence-electron chi connectivity index (χ4n) is 3.69. The van der Waals surface area contributed by atoms with Crippen molar-refractivity contribution in [3.8, 4) is 0 Å². The Morgan fingerprint density at radius 3 is 2.86 bits per heavy atom. The average molecular weight is 374 g/mol. The van der Waals surface area contributed by atoms with Crippen LogP contribution in [0.15, 0.2) is 42.7 Å². The van der Waals surface area contributed by atoms with E-state index in [1.807, 2.05) is 19.1 Å². The van der Waals surface area contributed by atoms with Gasteiger partial charge in [-0.3, -0.25) is 14.9 Å². The number of hydrogen-bond donors (Lipinski definition) is 2. The van der Waals surface area contributed by atoms with Crippen molar-refractivity contribution in [2.24, 2.45) is 5.41 Å². The highest BCUT2D eigenvalue weighted by atomic mass is 16.1. The molecule has 1 aliphatic carbocycles. The van der Waals surface area contributed by atoms with E-state index in [4.69, 9.17) is 0 Å². The van der Waals surface area contributed by atoms with Crippen molar-refractivity contribution in [2.45, 2.75) is 46.6 Å². The van der Waals surface area contributed by atoms with Gasteiger partial charge in [-0.1, -0.05) is 38.1 Å². The van der Waals surface area contributed by atoms with E-state index in [0.717, 1.165) is 35.0 Å². The number of allylic oxidation sites excluding steroid dienone is 2. The summed E-state index contributed by atoms with van der Waals surface area (Å²) in [5.74, 6) is -0.132. The Hall–Kier alpha value is -2.95. The van der Waals surface area contributed by atoms with Gasteiger partial charge in [0, 0.05) is 17.1 Å². The average Bonchev–Trinajstić information content (AvgIpc) is 3.10. The van der Waals surface area contributed by atoms with Crippen molar-refractivity contribution in [1.82, 2.24) is 20.5 Å². The van der Waals surface area contributed by atoms with Crippen LogP contribution < -0.4 is 5.32 Å². The molecule has 2 N–H and O–H groups in total. The fraction of sp³-hybridized carbons (Fsp3) is 0.348. The van der Waals surface area contributed by atoms with E-state index in [9.17, 15) is 4.79 Å². The number of nitrogens with one attached hydrogen (secondary N) is 2. The molecule has 5 nitrogen and oxygen atoms in total. The molecule has 4 rings (SSSR count). The number of para-hydroxylation sites is 1. The number of carbonyl (C=O) groups excluding carboxylic acids is 1. The molecule has 0 saturated carbocycles. The van der Waals surface area contributed by atoms with Crippen LogP contribution in [0.1, 0.15) is 60.3 Å². The van der Waals surface area contributed by atoms with Crippen LogP contribution in [0.2, 0.25) is 0 Å². The van der Waals surface area contributed by atoms with E-state index in [1.165, 1.54) is 17.6 Å². The largest absolute Gasteiger partial charge is 0.346 e. The Labute approximate surface area is 165 Å². The van der Waals surface area contributed by atoms with Gasteiger partial charge in [-0.25, -0.2) is 0 Å². The third-order valence-corrected chi connectivity index (χ3v) is 5.65. The number of nitrogens with zero attached hydrogens (tertiary/aromatic N) is 2. The number of amides is 1. The van der Waals surface area contributed by atoms with Crippen molar-refractivity contribution >= 4 is 22.4 Å². The molecule has 28 heavy (non-hydrogen) atoms. The Balaban J connectivity index is 1.57. The van der Waals surface area contributed by atoms with E-state index in [-0.39, 0.29) is 5.91 Å². The highest BCUT2D eigenvalue weighted by Crippen LogP contribution is 2.39. The molecular weight excluding hydrogens is 348 g/mol. The first kappa shape index (κ1) is 18.4. The summed E-state index contributed by atoms with van der Waals surface area (Å²) in [5.41, 5.74) is 6.41. The van der Waals surface area contributed by atoms with Gasteiger partial charge in [-0.2, -0.15) is 5.10 Å². The van der Waals surface area contributed by atoms with E-state index >= 15 is 0 Å². The van der Waals surface area contributed by atoms with Gasteiger partial charge in [0.1, 0.15) is 0 Å². The summed E-state index contributed by atoms with van der Waals surface area (Å²) < 4.78 is 0. The van der Waals surface area contributed by atoms with Crippen LogP contribution in [0, 0.1) is 12.3 Å². The second-order valence-corrected chi connectivity index (χ2v) is 8.41. The third kappa shape index (κ3) is 3.70. The first-order valence-electron chi connectivity index (χ1n) is 9.78. The van der Waals surface area contributed by atoms with Gasteiger partial charge in [-0.15, -0.1) is 0 Å². The van der Waals surface area contributed by atoms with Crippen LogP contribution in [0.4, 0.5) is 0 Å². The molecule has 3 aromatic rings. The first-order chi connectivity index (χ1) is 13.4. The van der Waals surface area contributed by atoms with Gasteiger partial charge < -0.3 is 5.32 Å². The predicted molar refractivity (Wildman–Crippen MR) is 112 cm³/mol. The summed E-state index contributed by atoms with van der Waals surface area (Å²) in [5, 5.41) is 10.8. The van der Waals surface area contributed by atoms with Crippen LogP contribution in [-0.2, 0) is 6.54 Å². The summed E-state index contributed by atoms with van der Waals surface area (Å²) in [6.45, 7) is 7.02. The molecule has 1 aromatic carbocycles. The van der Waals surface area contributed by atoms with Crippen LogP contribution in [-0.4, -0.2) is 21.1 Å². The Morgan fingerprint density at radius 2 is 2.14 bits per heavy atom. The monoisotopic (exact) mass is 374 g/mol. The predicted octanol–water partition coefficient (Wildman–Crippen LogP) is 4.79. The molecule has 2 aromatic heterocycles. The van der Waals surface area contributed by atoms with Crippen LogP contribution in [0.5, 0.6) is 0 Å². The molecule has 0 spiro atoms. The second kappa shape index (κ2) is 7.23. The summed E-state index contributed by atoms with van der Waals surface area (Å²) in [6.07, 6.45) is 9.12. The van der Waals surface area contributed by atoms with E-state index in [1.54, 1.807) is 12.4 Å². The zero-order valence-electron chi connectivity index (χ0n) is 16.7. The number of rotatable bonds is 4. The number of hydrogen-bond acceptors (Lipinski definition) is 3. The van der Waals surface area contributed by atoms with Crippen molar-refractivity contribution < 1.29 is 4.79 Å². The highest BCUT2D eigenvalue weighted by molar-refractivity contribution is 5.99. The van der Waals surface area contributed by atoms with Gasteiger partial charge >= 0.3 is 0 Å². The zero-order chi connectivity index (χ0) is 19.7. The lowest BCUT2D eigenvalue weighted by Crippen LogP contribution is -2.23. The standard InChI is InChI=1S/C23H26N4O/c1-15-12-26-27-20(15)14-25-22(28)18-11-17-5-4-6-19(21(17)24-13-18)16-7-9-23(2,3)10-8-16/h4-7,11-13H,8-10,14H2,1-3H3,(H,25,28)(H,26,27).